The maximum atomic E-state index is 15.5. The summed E-state index contributed by atoms with van der Waals surface area (Å²) in [6.07, 6.45) is 4.23. The molecule has 2 amide bonds. The van der Waals surface area contributed by atoms with Gasteiger partial charge in [0.1, 0.15) is 28.5 Å². The molecule has 0 atom stereocenters. The molecule has 0 aliphatic heterocycles. The normalized spacial score (nSPS) is 11.3. The number of halogens is 2. The van der Waals surface area contributed by atoms with Gasteiger partial charge in [-0.1, -0.05) is 6.07 Å². The van der Waals surface area contributed by atoms with E-state index in [-0.39, 0.29) is 35.9 Å². The molecule has 2 aromatic carbocycles. The summed E-state index contributed by atoms with van der Waals surface area (Å²) in [6, 6.07) is 17.8. The molecule has 0 spiro atoms. The Balaban J connectivity index is 1.18. The van der Waals surface area contributed by atoms with E-state index in [0.717, 1.165) is 16.5 Å². The second-order valence-electron chi connectivity index (χ2n) is 13.4. The van der Waals surface area contributed by atoms with Gasteiger partial charge in [-0.3, -0.25) is 24.1 Å². The highest BCUT2D eigenvalue weighted by molar-refractivity contribution is 7.22. The zero-order valence-electron chi connectivity index (χ0n) is 31.3. The first-order valence-corrected chi connectivity index (χ1v) is 18.4. The van der Waals surface area contributed by atoms with E-state index in [9.17, 15) is 18.8 Å². The number of rotatable bonds is 13. The van der Waals surface area contributed by atoms with Crippen molar-refractivity contribution in [3.05, 3.63) is 125 Å². The van der Waals surface area contributed by atoms with Crippen LogP contribution in [0, 0.1) is 11.6 Å². The lowest BCUT2D eigenvalue weighted by molar-refractivity contribution is 0.0183. The largest absolute Gasteiger partial charge is 0.493 e. The maximum Gasteiger partial charge on any atom is 0.410 e. The first kappa shape index (κ1) is 39.5. The first-order valence-electron chi connectivity index (χ1n) is 17.6. The van der Waals surface area contributed by atoms with E-state index in [4.69, 9.17) is 18.9 Å². The number of hydrogen-bond donors (Lipinski definition) is 1. The van der Waals surface area contributed by atoms with Crippen molar-refractivity contribution in [2.75, 3.05) is 32.2 Å². The fraction of sp³-hybridized carbons (Fsp3) is 0.244. The van der Waals surface area contributed by atoms with Gasteiger partial charge in [-0.15, -0.1) is 11.3 Å². The number of carbonyl (C=O) groups excluding carboxylic acids is 2. The van der Waals surface area contributed by atoms with Gasteiger partial charge in [0.2, 0.25) is 0 Å². The Morgan fingerprint density at radius 2 is 1.73 bits per heavy atom. The summed E-state index contributed by atoms with van der Waals surface area (Å²) in [4.78, 5) is 51.1. The number of pyridine rings is 3. The lowest BCUT2D eigenvalue weighted by Gasteiger charge is -2.27. The number of nitrogens with zero attached hydrogens (tertiary/aromatic N) is 4. The molecule has 0 fully saturated rings. The Morgan fingerprint density at radius 1 is 0.946 bits per heavy atom. The molecule has 6 aromatic rings. The Bertz CT molecular complexity index is 2410. The Hall–Kier alpha value is -6.19. The van der Waals surface area contributed by atoms with Crippen LogP contribution in [0.5, 0.6) is 17.2 Å². The molecule has 56 heavy (non-hydrogen) atoms. The third kappa shape index (κ3) is 9.36. The number of hydrogen-bond acceptors (Lipinski definition) is 10. The molecule has 0 aliphatic carbocycles. The van der Waals surface area contributed by atoms with Gasteiger partial charge >= 0.3 is 6.09 Å². The number of thiophene rings is 1. The highest BCUT2D eigenvalue weighted by Gasteiger charge is 2.24. The lowest BCUT2D eigenvalue weighted by Crippen LogP contribution is -2.38. The number of nitrogens with one attached hydrogen (secondary N) is 1. The van der Waals surface area contributed by atoms with Gasteiger partial charge in [0, 0.05) is 55.8 Å². The molecule has 0 radical (unpaired) electrons. The average Bonchev–Trinajstić information content (AvgIpc) is 3.60. The highest BCUT2D eigenvalue weighted by Crippen LogP contribution is 2.39. The predicted octanol–water partition coefficient (Wildman–Crippen LogP) is 8.61. The molecule has 4 aromatic heterocycles. The fourth-order valence-corrected chi connectivity index (χ4v) is 6.59. The number of ether oxygens (including phenoxy) is 4. The summed E-state index contributed by atoms with van der Waals surface area (Å²) in [5, 5.41) is 2.57. The molecule has 290 valence electrons. The molecule has 0 bridgehead atoms. The Kier molecular flexibility index (Phi) is 12.1. The number of methoxy groups -OCH3 is 1. The van der Waals surface area contributed by atoms with Crippen molar-refractivity contribution in [3.8, 4) is 33.5 Å². The van der Waals surface area contributed by atoms with Crippen molar-refractivity contribution in [1.29, 1.82) is 0 Å². The number of carbonyl (C=O) groups is 2. The SMILES string of the molecule is CCOc1ccn(-c2ccc(F)cc2)c(=O)c1C(=O)Nc1ccc(Oc2ccnc3cc(-c4ccc(CN(CCOC)C(=O)OC(C)(C)C)cn4)sc23)c(F)c1. The fourth-order valence-electron chi connectivity index (χ4n) is 5.55. The summed E-state index contributed by atoms with van der Waals surface area (Å²) in [7, 11) is 1.57. The predicted molar refractivity (Wildman–Crippen MR) is 209 cm³/mol. The average molecular weight is 784 g/mol. The van der Waals surface area contributed by atoms with Crippen molar-refractivity contribution in [1.82, 2.24) is 19.4 Å². The van der Waals surface area contributed by atoms with Crippen molar-refractivity contribution in [2.24, 2.45) is 0 Å². The van der Waals surface area contributed by atoms with Gasteiger partial charge in [0.25, 0.3) is 11.5 Å². The summed E-state index contributed by atoms with van der Waals surface area (Å²) in [5.41, 5.74) is 0.852. The van der Waals surface area contributed by atoms with E-state index in [0.29, 0.717) is 40.5 Å². The molecule has 15 heteroatoms. The van der Waals surface area contributed by atoms with Crippen LogP contribution in [0.1, 0.15) is 43.6 Å². The van der Waals surface area contributed by atoms with Crippen molar-refractivity contribution in [2.45, 2.75) is 39.8 Å². The molecule has 0 aliphatic rings. The molecular weight excluding hydrogens is 745 g/mol. The molecular formula is C41H39F2N5O7S. The van der Waals surface area contributed by atoms with Crippen LogP contribution in [0.15, 0.2) is 96.2 Å². The van der Waals surface area contributed by atoms with E-state index in [1.807, 2.05) is 39.0 Å². The molecule has 0 saturated carbocycles. The third-order valence-corrected chi connectivity index (χ3v) is 9.30. The maximum absolute atomic E-state index is 15.5. The number of fused-ring (bicyclic) bond motifs is 1. The van der Waals surface area contributed by atoms with E-state index in [2.05, 4.69) is 15.3 Å². The minimum atomic E-state index is -0.821. The standard InChI is InChI=1S/C41H39F2N5O7S/c1-6-53-33-16-18-48(28-11-8-26(42)9-12-28)39(50)36(33)38(49)46-27-10-14-32(29(43)21-27)54-34-15-17-44-31-22-35(56-37(31)34)30-13-7-25(23-45-30)24-47(19-20-52-5)40(51)55-41(2,3)4/h7-18,21-23H,6,19-20,24H2,1-5H3,(H,46,49). The topological polar surface area (TPSA) is 134 Å². The van der Waals surface area contributed by atoms with E-state index >= 15 is 4.39 Å². The molecule has 12 nitrogen and oxygen atoms in total. The first-order chi connectivity index (χ1) is 26.8. The van der Waals surface area contributed by atoms with Gasteiger partial charge in [0.05, 0.1) is 40.5 Å². The van der Waals surface area contributed by atoms with Crippen LogP contribution in [-0.2, 0) is 16.0 Å². The van der Waals surface area contributed by atoms with Gasteiger partial charge in [-0.05, 0) is 87.9 Å². The summed E-state index contributed by atoms with van der Waals surface area (Å²) < 4.78 is 53.2. The van der Waals surface area contributed by atoms with Crippen LogP contribution in [0.2, 0.25) is 0 Å². The number of aromatic nitrogens is 3. The summed E-state index contributed by atoms with van der Waals surface area (Å²) in [5.74, 6) is -1.78. The minimum absolute atomic E-state index is 0.0414. The minimum Gasteiger partial charge on any atom is -0.493 e. The summed E-state index contributed by atoms with van der Waals surface area (Å²) >= 11 is 1.37. The molecule has 6 rings (SSSR count). The van der Waals surface area contributed by atoms with Crippen LogP contribution in [0.25, 0.3) is 26.5 Å². The number of anilines is 1. The third-order valence-electron chi connectivity index (χ3n) is 8.14. The smallest absolute Gasteiger partial charge is 0.410 e. The van der Waals surface area contributed by atoms with Crippen LogP contribution in [-0.4, -0.2) is 63.9 Å². The van der Waals surface area contributed by atoms with Gasteiger partial charge in [0.15, 0.2) is 11.6 Å². The van der Waals surface area contributed by atoms with Gasteiger partial charge in [-0.2, -0.15) is 0 Å². The van der Waals surface area contributed by atoms with Crippen molar-refractivity contribution in [3.63, 3.8) is 0 Å². The van der Waals surface area contributed by atoms with Crippen LogP contribution in [0.4, 0.5) is 19.3 Å². The second-order valence-corrected chi connectivity index (χ2v) is 14.5. The van der Waals surface area contributed by atoms with E-state index < -0.39 is 34.8 Å². The zero-order valence-corrected chi connectivity index (χ0v) is 32.1. The Labute approximate surface area is 325 Å². The number of amides is 2. The molecule has 0 unspecified atom stereocenters. The lowest BCUT2D eigenvalue weighted by atomic mass is 10.2. The monoisotopic (exact) mass is 783 g/mol. The summed E-state index contributed by atoms with van der Waals surface area (Å²) in [6.45, 7) is 8.30. The van der Waals surface area contributed by atoms with Crippen LogP contribution in [0.3, 0.4) is 0 Å². The van der Waals surface area contributed by atoms with Crippen molar-refractivity contribution < 1.29 is 37.3 Å². The number of benzene rings is 2. The van der Waals surface area contributed by atoms with Crippen LogP contribution >= 0.6 is 11.3 Å². The van der Waals surface area contributed by atoms with E-state index in [1.54, 1.807) is 37.4 Å². The quantitative estimate of drug-likeness (QED) is 0.122. The van der Waals surface area contributed by atoms with E-state index in [1.165, 1.54) is 64.6 Å². The highest BCUT2D eigenvalue weighted by atomic mass is 32.1. The molecule has 0 saturated heterocycles. The van der Waals surface area contributed by atoms with Crippen LogP contribution < -0.4 is 20.3 Å². The van der Waals surface area contributed by atoms with Gasteiger partial charge < -0.3 is 29.2 Å². The molecule has 1 N–H and O–H groups in total. The zero-order chi connectivity index (χ0) is 40.0. The van der Waals surface area contributed by atoms with Gasteiger partial charge in [-0.25, -0.2) is 13.6 Å². The molecule has 4 heterocycles. The second kappa shape index (κ2) is 17.1. The Morgan fingerprint density at radius 3 is 2.41 bits per heavy atom. The van der Waals surface area contributed by atoms with Crippen molar-refractivity contribution >= 4 is 39.2 Å².